The summed E-state index contributed by atoms with van der Waals surface area (Å²) in [7, 11) is 0. The number of nitrogens with one attached hydrogen (secondary N) is 1. The third kappa shape index (κ3) is 3.32. The lowest BCUT2D eigenvalue weighted by Gasteiger charge is -2.22. The van der Waals surface area contributed by atoms with Gasteiger partial charge in [0.2, 0.25) is 0 Å². The van der Waals surface area contributed by atoms with Crippen LogP contribution in [0.2, 0.25) is 0 Å². The van der Waals surface area contributed by atoms with Crippen molar-refractivity contribution in [2.24, 2.45) is 0 Å². The summed E-state index contributed by atoms with van der Waals surface area (Å²) in [6.07, 6.45) is 5.18. The number of nitrogens with zero attached hydrogens (tertiary/aromatic N) is 4. The average Bonchev–Trinajstić information content (AvgIpc) is 2.91. The van der Waals surface area contributed by atoms with Crippen molar-refractivity contribution in [2.75, 3.05) is 5.32 Å². The third-order valence-corrected chi connectivity index (χ3v) is 3.32. The first-order valence-electron chi connectivity index (χ1n) is 6.86. The summed E-state index contributed by atoms with van der Waals surface area (Å²) in [5, 5.41) is 17.4. The van der Waals surface area contributed by atoms with Gasteiger partial charge in [-0.05, 0) is 25.1 Å². The van der Waals surface area contributed by atoms with Gasteiger partial charge in [0.05, 0.1) is 24.5 Å². The maximum atomic E-state index is 12.9. The first-order chi connectivity index (χ1) is 10.9. The molecule has 118 valence electrons. The van der Waals surface area contributed by atoms with E-state index in [9.17, 15) is 14.3 Å². The zero-order chi connectivity index (χ0) is 16.4. The van der Waals surface area contributed by atoms with Crippen molar-refractivity contribution in [1.29, 1.82) is 0 Å². The lowest BCUT2D eigenvalue weighted by molar-refractivity contribution is -0.133. The fourth-order valence-corrected chi connectivity index (χ4v) is 2.14. The third-order valence-electron chi connectivity index (χ3n) is 3.32. The van der Waals surface area contributed by atoms with Crippen LogP contribution in [0, 0.1) is 5.82 Å². The van der Waals surface area contributed by atoms with Gasteiger partial charge in [0.1, 0.15) is 6.33 Å². The van der Waals surface area contributed by atoms with Crippen LogP contribution in [0.1, 0.15) is 6.92 Å². The van der Waals surface area contributed by atoms with Crippen LogP contribution in [-0.4, -0.2) is 36.4 Å². The molecule has 3 aromatic rings. The molecule has 0 aliphatic heterocycles. The molecule has 23 heavy (non-hydrogen) atoms. The largest absolute Gasteiger partial charge is 0.378 e. The molecule has 1 amide bonds. The maximum Gasteiger partial charge on any atom is 0.257 e. The molecule has 0 saturated heterocycles. The first-order valence-corrected chi connectivity index (χ1v) is 6.86. The molecule has 0 aliphatic rings. The number of hydrogen-bond acceptors (Lipinski definition) is 5. The average molecular weight is 315 g/mol. The van der Waals surface area contributed by atoms with E-state index in [0.717, 1.165) is 23.3 Å². The van der Waals surface area contributed by atoms with E-state index < -0.39 is 17.3 Å². The summed E-state index contributed by atoms with van der Waals surface area (Å²) < 4.78 is 14.1. The van der Waals surface area contributed by atoms with E-state index in [1.165, 1.54) is 17.9 Å². The Labute approximate surface area is 130 Å². The molecule has 1 aromatic carbocycles. The minimum absolute atomic E-state index is 0.167. The second kappa shape index (κ2) is 5.73. The molecule has 0 saturated carbocycles. The van der Waals surface area contributed by atoms with Crippen LogP contribution in [0.25, 0.3) is 10.9 Å². The smallest absolute Gasteiger partial charge is 0.257 e. The van der Waals surface area contributed by atoms with Gasteiger partial charge >= 0.3 is 0 Å². The standard InChI is InChI=1S/C15H14FN5O2/c1-15(23,8-21-7-11(16)6-19-21)14(22)20-12-2-3-13-10(4-12)5-17-9-18-13/h2-7,9,23H,8H2,1H3,(H,20,22). The molecule has 3 rings (SSSR count). The maximum absolute atomic E-state index is 12.9. The van der Waals surface area contributed by atoms with Gasteiger partial charge in [-0.25, -0.2) is 14.4 Å². The molecule has 1 unspecified atom stereocenters. The minimum atomic E-state index is -1.75. The highest BCUT2D eigenvalue weighted by molar-refractivity contribution is 5.98. The predicted octanol–water partition coefficient (Wildman–Crippen LogP) is 1.36. The molecule has 2 N–H and O–H groups in total. The lowest BCUT2D eigenvalue weighted by atomic mass is 10.1. The highest BCUT2D eigenvalue weighted by Crippen LogP contribution is 2.18. The summed E-state index contributed by atoms with van der Waals surface area (Å²) in [5.41, 5.74) is -0.498. The van der Waals surface area contributed by atoms with E-state index in [0.29, 0.717) is 5.69 Å². The number of carbonyl (C=O) groups is 1. The first kappa shape index (κ1) is 15.0. The molecular weight excluding hydrogens is 301 g/mol. The number of carbonyl (C=O) groups excluding carboxylic acids is 1. The normalized spacial score (nSPS) is 13.7. The molecular formula is C15H14FN5O2. The van der Waals surface area contributed by atoms with Gasteiger partial charge in [-0.15, -0.1) is 0 Å². The Morgan fingerprint density at radius 3 is 3.00 bits per heavy atom. The van der Waals surface area contributed by atoms with Crippen molar-refractivity contribution in [1.82, 2.24) is 19.7 Å². The number of halogens is 1. The number of benzene rings is 1. The van der Waals surface area contributed by atoms with E-state index in [1.54, 1.807) is 24.4 Å². The zero-order valence-corrected chi connectivity index (χ0v) is 12.3. The van der Waals surface area contributed by atoms with Gasteiger partial charge in [-0.3, -0.25) is 9.48 Å². The Bertz CT molecular complexity index is 862. The van der Waals surface area contributed by atoms with E-state index in [4.69, 9.17) is 0 Å². The van der Waals surface area contributed by atoms with Gasteiger partial charge in [-0.1, -0.05) is 0 Å². The molecule has 8 heteroatoms. The molecule has 0 fully saturated rings. The second-order valence-corrected chi connectivity index (χ2v) is 5.38. The van der Waals surface area contributed by atoms with Crippen molar-refractivity contribution in [3.8, 4) is 0 Å². The topological polar surface area (TPSA) is 92.9 Å². The highest BCUT2D eigenvalue weighted by atomic mass is 19.1. The fourth-order valence-electron chi connectivity index (χ4n) is 2.14. The van der Waals surface area contributed by atoms with Crippen LogP contribution in [0.4, 0.5) is 10.1 Å². The minimum Gasteiger partial charge on any atom is -0.378 e. The summed E-state index contributed by atoms with van der Waals surface area (Å²) in [6, 6.07) is 5.12. The van der Waals surface area contributed by atoms with Gasteiger partial charge in [0.25, 0.3) is 5.91 Å². The summed E-state index contributed by atoms with van der Waals surface area (Å²) in [5.74, 6) is -1.15. The summed E-state index contributed by atoms with van der Waals surface area (Å²) in [4.78, 5) is 20.3. The van der Waals surface area contributed by atoms with Crippen LogP contribution in [-0.2, 0) is 11.3 Å². The van der Waals surface area contributed by atoms with E-state index in [-0.39, 0.29) is 6.54 Å². The number of hydrogen-bond donors (Lipinski definition) is 2. The summed E-state index contributed by atoms with van der Waals surface area (Å²) in [6.45, 7) is 1.17. The molecule has 0 aliphatic carbocycles. The Morgan fingerprint density at radius 1 is 1.43 bits per heavy atom. The number of rotatable bonds is 4. The molecule has 2 heterocycles. The molecule has 0 spiro atoms. The summed E-state index contributed by atoms with van der Waals surface area (Å²) >= 11 is 0. The van der Waals surface area contributed by atoms with Crippen molar-refractivity contribution in [2.45, 2.75) is 19.1 Å². The second-order valence-electron chi connectivity index (χ2n) is 5.38. The van der Waals surface area contributed by atoms with Crippen LogP contribution >= 0.6 is 0 Å². The highest BCUT2D eigenvalue weighted by Gasteiger charge is 2.31. The molecule has 1 atom stereocenters. The van der Waals surface area contributed by atoms with E-state index in [2.05, 4.69) is 20.4 Å². The predicted molar refractivity (Wildman–Crippen MR) is 81.0 cm³/mol. The number of anilines is 1. The van der Waals surface area contributed by atoms with Crippen LogP contribution in [0.15, 0.2) is 43.1 Å². The zero-order valence-electron chi connectivity index (χ0n) is 12.3. The van der Waals surface area contributed by atoms with E-state index >= 15 is 0 Å². The number of fused-ring (bicyclic) bond motifs is 1. The SMILES string of the molecule is CC(O)(Cn1cc(F)cn1)C(=O)Nc1ccc2ncncc2c1. The van der Waals surface area contributed by atoms with Gasteiger partial charge in [0.15, 0.2) is 11.4 Å². The number of aliphatic hydroxyl groups is 1. The van der Waals surface area contributed by atoms with Gasteiger partial charge in [0, 0.05) is 17.3 Å². The Kier molecular flexibility index (Phi) is 3.75. The Balaban J connectivity index is 1.76. The Morgan fingerprint density at radius 2 is 2.26 bits per heavy atom. The molecule has 0 bridgehead atoms. The quantitative estimate of drug-likeness (QED) is 0.758. The number of amides is 1. The fraction of sp³-hybridized carbons (Fsp3) is 0.200. The number of aromatic nitrogens is 4. The van der Waals surface area contributed by atoms with Crippen molar-refractivity contribution >= 4 is 22.5 Å². The molecule has 2 aromatic heterocycles. The molecule has 0 radical (unpaired) electrons. The van der Waals surface area contributed by atoms with Crippen molar-refractivity contribution in [3.05, 3.63) is 48.9 Å². The monoisotopic (exact) mass is 315 g/mol. The lowest BCUT2D eigenvalue weighted by Crippen LogP contribution is -2.43. The van der Waals surface area contributed by atoms with Crippen LogP contribution in [0.5, 0.6) is 0 Å². The van der Waals surface area contributed by atoms with Gasteiger partial charge < -0.3 is 10.4 Å². The van der Waals surface area contributed by atoms with Crippen LogP contribution < -0.4 is 5.32 Å². The van der Waals surface area contributed by atoms with Crippen LogP contribution in [0.3, 0.4) is 0 Å². The van der Waals surface area contributed by atoms with E-state index in [1.807, 2.05) is 0 Å². The molecule has 7 nitrogen and oxygen atoms in total. The van der Waals surface area contributed by atoms with Crippen molar-refractivity contribution < 1.29 is 14.3 Å². The van der Waals surface area contributed by atoms with Crippen molar-refractivity contribution in [3.63, 3.8) is 0 Å². The van der Waals surface area contributed by atoms with Gasteiger partial charge in [-0.2, -0.15) is 5.10 Å². The Hall–Kier alpha value is -2.87.